The van der Waals surface area contributed by atoms with Gasteiger partial charge in [-0.15, -0.1) is 0 Å². The van der Waals surface area contributed by atoms with E-state index in [9.17, 15) is 14.7 Å². The van der Waals surface area contributed by atoms with E-state index in [1.54, 1.807) is 4.90 Å². The minimum absolute atomic E-state index is 0.0170. The second-order valence-corrected chi connectivity index (χ2v) is 8.14. The zero-order chi connectivity index (χ0) is 22.7. The molecule has 0 fully saturated rings. The van der Waals surface area contributed by atoms with Crippen LogP contribution in [0, 0.1) is 0 Å². The standard InChI is InChI=1S/C25H21BrN2O4/c1-32-25(31)22-21(24(29)30)16-27(19-11-4-2-5-12-19)23(17-9-8-10-18(26)15-17)28(22)20-13-6-3-7-14-20/h2-15,23H,16H2,1H3,(H,29,30). The number of hydrogen-bond acceptors (Lipinski definition) is 5. The smallest absolute Gasteiger partial charge is 0.355 e. The van der Waals surface area contributed by atoms with Gasteiger partial charge in [-0.2, -0.15) is 0 Å². The van der Waals surface area contributed by atoms with Gasteiger partial charge in [-0.25, -0.2) is 9.59 Å². The number of carboxylic acid groups (broad SMARTS) is 1. The molecule has 0 radical (unpaired) electrons. The number of aliphatic carboxylic acids is 1. The van der Waals surface area contributed by atoms with Gasteiger partial charge in [0.15, 0.2) is 0 Å². The topological polar surface area (TPSA) is 70.1 Å². The summed E-state index contributed by atoms with van der Waals surface area (Å²) >= 11 is 3.54. The molecule has 1 aliphatic rings. The van der Waals surface area contributed by atoms with Crippen LogP contribution in [0.1, 0.15) is 11.7 Å². The summed E-state index contributed by atoms with van der Waals surface area (Å²) in [6.45, 7) is 0.0320. The zero-order valence-electron chi connectivity index (χ0n) is 17.3. The van der Waals surface area contributed by atoms with E-state index in [4.69, 9.17) is 4.74 Å². The summed E-state index contributed by atoms with van der Waals surface area (Å²) in [6.07, 6.45) is -0.491. The number of carbonyl (C=O) groups excluding carboxylic acids is 1. The van der Waals surface area contributed by atoms with Crippen molar-refractivity contribution in [3.8, 4) is 0 Å². The van der Waals surface area contributed by atoms with E-state index in [-0.39, 0.29) is 17.8 Å². The molecule has 1 unspecified atom stereocenters. The van der Waals surface area contributed by atoms with Crippen molar-refractivity contribution in [1.29, 1.82) is 0 Å². The molecule has 32 heavy (non-hydrogen) atoms. The summed E-state index contributed by atoms with van der Waals surface area (Å²) in [6, 6.07) is 26.6. The Morgan fingerprint density at radius 2 is 1.56 bits per heavy atom. The fourth-order valence-electron chi connectivity index (χ4n) is 3.93. The highest BCUT2D eigenvalue weighted by Gasteiger charge is 2.41. The maximum Gasteiger partial charge on any atom is 0.355 e. The predicted octanol–water partition coefficient (Wildman–Crippen LogP) is 4.99. The Hall–Kier alpha value is -3.58. The van der Waals surface area contributed by atoms with Gasteiger partial charge >= 0.3 is 11.9 Å². The highest BCUT2D eigenvalue weighted by atomic mass is 79.9. The van der Waals surface area contributed by atoms with E-state index >= 15 is 0 Å². The Morgan fingerprint density at radius 3 is 2.12 bits per heavy atom. The second-order valence-electron chi connectivity index (χ2n) is 7.22. The van der Waals surface area contributed by atoms with Gasteiger partial charge in [-0.3, -0.25) is 0 Å². The molecule has 3 aromatic rings. The van der Waals surface area contributed by atoms with Crippen LogP contribution >= 0.6 is 15.9 Å². The molecule has 0 aliphatic carbocycles. The molecule has 0 amide bonds. The third-order valence-corrected chi connectivity index (χ3v) is 5.79. The summed E-state index contributed by atoms with van der Waals surface area (Å²) in [5.41, 5.74) is 2.38. The van der Waals surface area contributed by atoms with Crippen LogP contribution in [0.25, 0.3) is 0 Å². The van der Waals surface area contributed by atoms with Crippen LogP contribution in [0.3, 0.4) is 0 Å². The number of esters is 1. The quantitative estimate of drug-likeness (QED) is 0.506. The number of benzene rings is 3. The van der Waals surface area contributed by atoms with Crippen molar-refractivity contribution < 1.29 is 19.4 Å². The Morgan fingerprint density at radius 1 is 0.938 bits per heavy atom. The molecule has 1 aliphatic heterocycles. The maximum absolute atomic E-state index is 12.9. The Balaban J connectivity index is 2.04. The summed E-state index contributed by atoms with van der Waals surface area (Å²) < 4.78 is 5.92. The van der Waals surface area contributed by atoms with Crippen molar-refractivity contribution in [3.05, 3.63) is 106 Å². The molecule has 162 valence electrons. The lowest BCUT2D eigenvalue weighted by Gasteiger charge is -2.46. The van der Waals surface area contributed by atoms with Gasteiger partial charge in [0.2, 0.25) is 0 Å². The van der Waals surface area contributed by atoms with Crippen LogP contribution in [0.2, 0.25) is 0 Å². The fraction of sp³-hybridized carbons (Fsp3) is 0.120. The van der Waals surface area contributed by atoms with Crippen LogP contribution < -0.4 is 9.80 Å². The van der Waals surface area contributed by atoms with Crippen LogP contribution in [0.5, 0.6) is 0 Å². The number of rotatable bonds is 5. The Labute approximate surface area is 194 Å². The molecule has 1 heterocycles. The van der Waals surface area contributed by atoms with Crippen LogP contribution in [0.4, 0.5) is 11.4 Å². The first-order valence-corrected chi connectivity index (χ1v) is 10.8. The first-order valence-electron chi connectivity index (χ1n) is 9.97. The van der Waals surface area contributed by atoms with E-state index in [2.05, 4.69) is 15.9 Å². The van der Waals surface area contributed by atoms with Crippen molar-refractivity contribution in [2.24, 2.45) is 0 Å². The fourth-order valence-corrected chi connectivity index (χ4v) is 4.35. The highest BCUT2D eigenvalue weighted by molar-refractivity contribution is 9.10. The summed E-state index contributed by atoms with van der Waals surface area (Å²) in [7, 11) is 1.26. The number of nitrogens with zero attached hydrogens (tertiary/aromatic N) is 2. The van der Waals surface area contributed by atoms with Crippen LogP contribution in [-0.2, 0) is 14.3 Å². The molecular formula is C25H21BrN2O4. The lowest BCUT2D eigenvalue weighted by molar-refractivity contribution is -0.138. The highest BCUT2D eigenvalue weighted by Crippen LogP contribution is 2.42. The summed E-state index contributed by atoms with van der Waals surface area (Å²) in [5.74, 6) is -1.86. The molecule has 0 spiro atoms. The van der Waals surface area contributed by atoms with Gasteiger partial charge in [0.1, 0.15) is 11.9 Å². The second kappa shape index (κ2) is 9.28. The van der Waals surface area contributed by atoms with Crippen LogP contribution in [-0.4, -0.2) is 30.7 Å². The number of ether oxygens (including phenoxy) is 1. The minimum atomic E-state index is -1.17. The first-order chi connectivity index (χ1) is 15.5. The molecule has 6 nitrogen and oxygen atoms in total. The minimum Gasteiger partial charge on any atom is -0.478 e. The molecule has 4 rings (SSSR count). The normalized spacial score (nSPS) is 16.1. The third-order valence-electron chi connectivity index (χ3n) is 5.30. The van der Waals surface area contributed by atoms with Gasteiger partial charge in [-0.05, 0) is 42.0 Å². The van der Waals surface area contributed by atoms with E-state index in [1.165, 1.54) is 7.11 Å². The number of methoxy groups -OCH3 is 1. The van der Waals surface area contributed by atoms with Gasteiger partial charge < -0.3 is 19.6 Å². The predicted molar refractivity (Wildman–Crippen MR) is 126 cm³/mol. The number of para-hydroxylation sites is 2. The molecule has 3 aromatic carbocycles. The van der Waals surface area contributed by atoms with Crippen molar-refractivity contribution in [1.82, 2.24) is 0 Å². The molecule has 0 saturated carbocycles. The monoisotopic (exact) mass is 492 g/mol. The van der Waals surface area contributed by atoms with E-state index in [0.29, 0.717) is 5.69 Å². The van der Waals surface area contributed by atoms with Gasteiger partial charge in [0.05, 0.1) is 19.2 Å². The largest absolute Gasteiger partial charge is 0.478 e. The number of hydrogen-bond donors (Lipinski definition) is 1. The van der Waals surface area contributed by atoms with E-state index in [0.717, 1.165) is 15.7 Å². The Bertz CT molecular complexity index is 1160. The lowest BCUT2D eigenvalue weighted by atomic mass is 9.99. The lowest BCUT2D eigenvalue weighted by Crippen LogP contribution is -2.50. The Kier molecular flexibility index (Phi) is 6.28. The number of halogens is 1. The number of anilines is 2. The third kappa shape index (κ3) is 4.11. The van der Waals surface area contributed by atoms with Crippen molar-refractivity contribution in [2.45, 2.75) is 6.17 Å². The van der Waals surface area contributed by atoms with Crippen molar-refractivity contribution >= 4 is 39.2 Å². The molecule has 7 heteroatoms. The first kappa shape index (κ1) is 21.6. The maximum atomic E-state index is 12.9. The van der Waals surface area contributed by atoms with E-state index in [1.807, 2.05) is 89.8 Å². The molecular weight excluding hydrogens is 472 g/mol. The van der Waals surface area contributed by atoms with Crippen LogP contribution in [0.15, 0.2) is 101 Å². The van der Waals surface area contributed by atoms with Gasteiger partial charge in [0.25, 0.3) is 0 Å². The number of carboxylic acids is 1. The average molecular weight is 493 g/mol. The summed E-state index contributed by atoms with van der Waals surface area (Å²) in [4.78, 5) is 29.0. The zero-order valence-corrected chi connectivity index (χ0v) is 18.9. The molecule has 1 atom stereocenters. The summed E-state index contributed by atoms with van der Waals surface area (Å²) in [5, 5.41) is 10.1. The molecule has 0 bridgehead atoms. The molecule has 1 N–H and O–H groups in total. The number of carbonyl (C=O) groups is 2. The van der Waals surface area contributed by atoms with E-state index < -0.39 is 18.1 Å². The van der Waals surface area contributed by atoms with Crippen molar-refractivity contribution in [3.63, 3.8) is 0 Å². The molecule has 0 saturated heterocycles. The van der Waals surface area contributed by atoms with Gasteiger partial charge in [0, 0.05) is 15.8 Å². The van der Waals surface area contributed by atoms with Gasteiger partial charge in [-0.1, -0.05) is 64.5 Å². The molecule has 0 aromatic heterocycles. The average Bonchev–Trinajstić information content (AvgIpc) is 2.83. The van der Waals surface area contributed by atoms with Crippen molar-refractivity contribution in [2.75, 3.05) is 23.5 Å². The SMILES string of the molecule is COC(=O)C1=C(C(=O)O)CN(c2ccccc2)C(c2cccc(Br)c2)N1c1ccccc1.